The first-order chi connectivity index (χ1) is 4.74. The summed E-state index contributed by atoms with van der Waals surface area (Å²) in [5.41, 5.74) is 0. The molecule has 60 valence electrons. The maximum absolute atomic E-state index is 2.39. The Hall–Kier alpha value is 0.434. The molecule has 0 fully saturated rings. The Balaban J connectivity index is 3.87. The second kappa shape index (κ2) is 5.13. The van der Waals surface area contributed by atoms with Crippen molar-refractivity contribution in [3.8, 4) is 0 Å². The zero-order valence-corrected chi connectivity index (χ0v) is 9.83. The van der Waals surface area contributed by atoms with Crippen LogP contribution in [0.4, 0.5) is 0 Å². The van der Waals surface area contributed by atoms with E-state index in [0.29, 0.717) is 0 Å². The fourth-order valence-electron chi connectivity index (χ4n) is 1.50. The Morgan fingerprint density at radius 2 is 1.30 bits per heavy atom. The van der Waals surface area contributed by atoms with E-state index < -0.39 is 7.59 Å². The monoisotopic (exact) mass is 172 g/mol. The molecular weight excluding hydrogens is 152 g/mol. The lowest BCUT2D eigenvalue weighted by atomic mass is 10.9. The van der Waals surface area contributed by atoms with Crippen molar-refractivity contribution in [1.82, 2.24) is 0 Å². The van der Waals surface area contributed by atoms with Gasteiger partial charge in [-0.25, -0.2) is 0 Å². The van der Waals surface area contributed by atoms with Crippen LogP contribution in [0.5, 0.6) is 0 Å². The second-order valence-electron chi connectivity index (χ2n) is 2.87. The molecule has 0 unspecified atom stereocenters. The standard InChI is InChI=1S/C8H20Si2/c1-5-9-10(6-2,7-3)8-4/h5-8H2,1-4H3. The highest BCUT2D eigenvalue weighted by Gasteiger charge is 2.25. The highest BCUT2D eigenvalue weighted by molar-refractivity contribution is 7.24. The maximum atomic E-state index is 2.39. The Bertz CT molecular complexity index is 69.1. The fraction of sp³-hybridized carbons (Fsp3) is 1.00. The third-order valence-electron chi connectivity index (χ3n) is 2.58. The van der Waals surface area contributed by atoms with Crippen LogP contribution in [0, 0.1) is 0 Å². The molecule has 0 N–H and O–H groups in total. The van der Waals surface area contributed by atoms with Gasteiger partial charge in [0, 0.05) is 16.6 Å². The van der Waals surface area contributed by atoms with Crippen molar-refractivity contribution in [3.63, 3.8) is 0 Å². The van der Waals surface area contributed by atoms with E-state index in [4.69, 9.17) is 0 Å². The molecular formula is C8H20Si2. The van der Waals surface area contributed by atoms with E-state index >= 15 is 0 Å². The predicted molar refractivity (Wildman–Crippen MR) is 53.4 cm³/mol. The van der Waals surface area contributed by atoms with E-state index in [9.17, 15) is 0 Å². The molecule has 0 rings (SSSR count). The Labute approximate surface area is 69.0 Å². The molecule has 2 radical (unpaired) electrons. The predicted octanol–water partition coefficient (Wildman–Crippen LogP) is 3.13. The van der Waals surface area contributed by atoms with Crippen LogP contribution in [0.3, 0.4) is 0 Å². The van der Waals surface area contributed by atoms with Crippen LogP contribution in [0.1, 0.15) is 27.7 Å². The third kappa shape index (κ3) is 2.58. The lowest BCUT2D eigenvalue weighted by molar-refractivity contribution is 1.21. The minimum absolute atomic E-state index is 0.690. The Morgan fingerprint density at radius 3 is 1.40 bits per heavy atom. The largest absolute Gasteiger partial charge is 0.0684 e. The molecule has 0 aromatic heterocycles. The van der Waals surface area contributed by atoms with Gasteiger partial charge in [-0.1, -0.05) is 51.9 Å². The molecule has 0 heterocycles. The van der Waals surface area contributed by atoms with Gasteiger partial charge in [-0.05, 0) is 0 Å². The summed E-state index contributed by atoms with van der Waals surface area (Å²) in [5, 5.41) is 0. The summed E-state index contributed by atoms with van der Waals surface area (Å²) in [7, 11) is 0.626. The average molecular weight is 172 g/mol. The molecule has 0 nitrogen and oxygen atoms in total. The highest BCUT2D eigenvalue weighted by atomic mass is 29.2. The van der Waals surface area contributed by atoms with E-state index in [2.05, 4.69) is 27.7 Å². The van der Waals surface area contributed by atoms with Crippen LogP contribution >= 0.6 is 0 Å². The minimum Gasteiger partial charge on any atom is -0.0684 e. The van der Waals surface area contributed by atoms with Crippen LogP contribution in [0.2, 0.25) is 24.2 Å². The van der Waals surface area contributed by atoms with Crippen LogP contribution in [0.25, 0.3) is 0 Å². The zero-order valence-electron chi connectivity index (χ0n) is 7.83. The molecule has 0 aliphatic heterocycles. The first kappa shape index (κ1) is 10.4. The summed E-state index contributed by atoms with van der Waals surface area (Å²) in [6, 6.07) is 5.95. The van der Waals surface area contributed by atoms with Gasteiger partial charge in [0.05, 0.1) is 0 Å². The normalized spacial score (nSPS) is 12.0. The Kier molecular flexibility index (Phi) is 5.36. The van der Waals surface area contributed by atoms with E-state index in [0.717, 1.165) is 0 Å². The smallest absolute Gasteiger partial charge is 0.0410 e. The highest BCUT2D eigenvalue weighted by Crippen LogP contribution is 2.19. The lowest BCUT2D eigenvalue weighted by Gasteiger charge is -2.26. The van der Waals surface area contributed by atoms with Crippen LogP contribution in [-0.2, 0) is 0 Å². The first-order valence-electron chi connectivity index (χ1n) is 4.49. The van der Waals surface area contributed by atoms with Gasteiger partial charge in [0.2, 0.25) is 0 Å². The van der Waals surface area contributed by atoms with Gasteiger partial charge in [0.15, 0.2) is 0 Å². The SMILES string of the molecule is CC[Si][Si](CC)(CC)CC. The minimum atomic E-state index is -0.690. The molecule has 0 aliphatic carbocycles. The molecule has 0 aromatic carbocycles. The topological polar surface area (TPSA) is 0 Å². The molecule has 0 bridgehead atoms. The number of rotatable bonds is 5. The molecule has 0 atom stereocenters. The van der Waals surface area contributed by atoms with Crippen molar-refractivity contribution in [2.24, 2.45) is 0 Å². The van der Waals surface area contributed by atoms with E-state index in [1.807, 2.05) is 0 Å². The van der Waals surface area contributed by atoms with E-state index in [1.54, 1.807) is 0 Å². The maximum Gasteiger partial charge on any atom is 0.0410 e. The lowest BCUT2D eigenvalue weighted by Crippen LogP contribution is -2.38. The summed E-state index contributed by atoms with van der Waals surface area (Å²) in [4.78, 5) is 0. The molecule has 0 spiro atoms. The summed E-state index contributed by atoms with van der Waals surface area (Å²) in [5.74, 6) is 0. The van der Waals surface area contributed by atoms with Crippen molar-refractivity contribution in [1.29, 1.82) is 0 Å². The van der Waals surface area contributed by atoms with E-state index in [1.165, 1.54) is 33.2 Å². The zero-order chi connectivity index (χ0) is 8.04. The van der Waals surface area contributed by atoms with Gasteiger partial charge in [-0.3, -0.25) is 0 Å². The van der Waals surface area contributed by atoms with E-state index in [-0.39, 0.29) is 0 Å². The molecule has 0 amide bonds. The van der Waals surface area contributed by atoms with Gasteiger partial charge in [-0.15, -0.1) is 0 Å². The van der Waals surface area contributed by atoms with Gasteiger partial charge >= 0.3 is 0 Å². The van der Waals surface area contributed by atoms with Crippen molar-refractivity contribution in [2.45, 2.75) is 51.9 Å². The molecule has 0 saturated carbocycles. The van der Waals surface area contributed by atoms with Crippen molar-refractivity contribution in [3.05, 3.63) is 0 Å². The number of hydrogen-bond acceptors (Lipinski definition) is 0. The summed E-state index contributed by atoms with van der Waals surface area (Å²) in [6.45, 7) is 9.51. The van der Waals surface area contributed by atoms with Gasteiger partial charge < -0.3 is 0 Å². The molecule has 2 heteroatoms. The fourth-order valence-corrected chi connectivity index (χ4v) is 9.00. The van der Waals surface area contributed by atoms with Gasteiger partial charge in [-0.2, -0.15) is 0 Å². The second-order valence-corrected chi connectivity index (χ2v) is 12.9. The third-order valence-corrected chi connectivity index (χ3v) is 14.2. The molecule has 0 aliphatic rings. The molecule has 10 heavy (non-hydrogen) atoms. The number of hydrogen-bond donors (Lipinski definition) is 0. The van der Waals surface area contributed by atoms with Crippen LogP contribution in [-0.4, -0.2) is 16.6 Å². The van der Waals surface area contributed by atoms with Crippen molar-refractivity contribution >= 4 is 16.6 Å². The molecule has 0 saturated heterocycles. The quantitative estimate of drug-likeness (QED) is 0.559. The molecule has 0 aromatic rings. The summed E-state index contributed by atoms with van der Waals surface area (Å²) < 4.78 is 0. The Morgan fingerprint density at radius 1 is 0.900 bits per heavy atom. The van der Waals surface area contributed by atoms with Gasteiger partial charge in [0.25, 0.3) is 0 Å². The first-order valence-corrected chi connectivity index (χ1v) is 9.32. The van der Waals surface area contributed by atoms with Gasteiger partial charge in [0.1, 0.15) is 0 Å². The van der Waals surface area contributed by atoms with Crippen molar-refractivity contribution < 1.29 is 0 Å². The van der Waals surface area contributed by atoms with Crippen LogP contribution in [0.15, 0.2) is 0 Å². The summed E-state index contributed by atoms with van der Waals surface area (Å²) >= 11 is 0. The summed E-state index contributed by atoms with van der Waals surface area (Å²) in [6.07, 6.45) is 0. The average Bonchev–Trinajstić information content (AvgIpc) is 2.01. The van der Waals surface area contributed by atoms with Crippen LogP contribution < -0.4 is 0 Å². The van der Waals surface area contributed by atoms with Crippen molar-refractivity contribution in [2.75, 3.05) is 0 Å².